The maximum Gasteiger partial charge on any atom is 0.217 e. The van der Waals surface area contributed by atoms with Gasteiger partial charge in [-0.3, -0.25) is 0 Å². The van der Waals surface area contributed by atoms with Crippen molar-refractivity contribution in [1.29, 1.82) is 0 Å². The fourth-order valence-electron chi connectivity index (χ4n) is 2.83. The molecule has 0 aromatic heterocycles. The molecule has 1 saturated heterocycles. The monoisotopic (exact) mass is 311 g/mol. The van der Waals surface area contributed by atoms with Crippen LogP contribution >= 0.6 is 0 Å². The minimum atomic E-state index is -3.22. The average Bonchev–Trinajstić information content (AvgIpc) is 2.47. The van der Waals surface area contributed by atoms with E-state index < -0.39 is 10.0 Å². The van der Waals surface area contributed by atoms with Gasteiger partial charge in [-0.1, -0.05) is 24.3 Å². The van der Waals surface area contributed by atoms with Crippen LogP contribution in [0.15, 0.2) is 36.9 Å². The standard InChI is InChI=1S/C16H22FNO2S/c1-2-12-21(19,20)18-11-5-6-14(13-18)9-10-15-7-3-4-8-16(15)17/h2-4,7-8,14H,1,5-6,9-13H2/t14-/m1/s1. The van der Waals surface area contributed by atoms with Crippen molar-refractivity contribution in [2.24, 2.45) is 5.92 Å². The highest BCUT2D eigenvalue weighted by molar-refractivity contribution is 7.89. The lowest BCUT2D eigenvalue weighted by Crippen LogP contribution is -2.40. The topological polar surface area (TPSA) is 37.4 Å². The first-order valence-electron chi connectivity index (χ1n) is 7.35. The minimum absolute atomic E-state index is 0.00691. The zero-order valence-corrected chi connectivity index (χ0v) is 13.0. The molecule has 1 fully saturated rings. The molecule has 1 aromatic carbocycles. The summed E-state index contributed by atoms with van der Waals surface area (Å²) in [6.45, 7) is 4.63. The predicted molar refractivity (Wildman–Crippen MR) is 83.0 cm³/mol. The highest BCUT2D eigenvalue weighted by atomic mass is 32.2. The number of sulfonamides is 1. The number of hydrogen-bond donors (Lipinski definition) is 0. The van der Waals surface area contributed by atoms with Crippen molar-refractivity contribution in [3.05, 3.63) is 48.3 Å². The molecule has 0 N–H and O–H groups in total. The molecule has 116 valence electrons. The maximum absolute atomic E-state index is 13.6. The van der Waals surface area contributed by atoms with E-state index in [1.54, 1.807) is 16.4 Å². The summed E-state index contributed by atoms with van der Waals surface area (Å²) in [5, 5.41) is 0. The first kappa shape index (κ1) is 16.2. The maximum atomic E-state index is 13.6. The van der Waals surface area contributed by atoms with E-state index in [4.69, 9.17) is 0 Å². The molecule has 0 spiro atoms. The van der Waals surface area contributed by atoms with E-state index in [0.717, 1.165) is 19.3 Å². The molecule has 1 atom stereocenters. The van der Waals surface area contributed by atoms with Gasteiger partial charge in [-0.05, 0) is 43.2 Å². The van der Waals surface area contributed by atoms with E-state index in [2.05, 4.69) is 6.58 Å². The molecule has 0 unspecified atom stereocenters. The fraction of sp³-hybridized carbons (Fsp3) is 0.500. The van der Waals surface area contributed by atoms with Crippen LogP contribution in [-0.4, -0.2) is 31.6 Å². The van der Waals surface area contributed by atoms with Gasteiger partial charge in [0.05, 0.1) is 5.75 Å². The van der Waals surface area contributed by atoms with Gasteiger partial charge in [0, 0.05) is 13.1 Å². The highest BCUT2D eigenvalue weighted by Gasteiger charge is 2.27. The number of benzene rings is 1. The van der Waals surface area contributed by atoms with E-state index in [9.17, 15) is 12.8 Å². The number of hydrogen-bond acceptors (Lipinski definition) is 2. The molecule has 0 aliphatic carbocycles. The van der Waals surface area contributed by atoms with Crippen molar-refractivity contribution in [2.75, 3.05) is 18.8 Å². The zero-order valence-electron chi connectivity index (χ0n) is 12.2. The lowest BCUT2D eigenvalue weighted by molar-refractivity contribution is 0.256. The van der Waals surface area contributed by atoms with E-state index in [1.807, 2.05) is 6.07 Å². The van der Waals surface area contributed by atoms with Gasteiger partial charge in [0.1, 0.15) is 5.82 Å². The van der Waals surface area contributed by atoms with Gasteiger partial charge in [0.15, 0.2) is 0 Å². The molecule has 0 saturated carbocycles. The largest absolute Gasteiger partial charge is 0.217 e. The van der Waals surface area contributed by atoms with Crippen LogP contribution in [-0.2, 0) is 16.4 Å². The molecule has 1 heterocycles. The number of nitrogens with zero attached hydrogens (tertiary/aromatic N) is 1. The Morgan fingerprint density at radius 1 is 1.38 bits per heavy atom. The number of halogens is 1. The second-order valence-electron chi connectivity index (χ2n) is 5.56. The predicted octanol–water partition coefficient (Wildman–Crippen LogP) is 2.99. The number of aryl methyl sites for hydroxylation is 1. The van der Waals surface area contributed by atoms with Crippen molar-refractivity contribution < 1.29 is 12.8 Å². The second-order valence-corrected chi connectivity index (χ2v) is 7.58. The van der Waals surface area contributed by atoms with Crippen molar-refractivity contribution in [3.8, 4) is 0 Å². The summed E-state index contributed by atoms with van der Waals surface area (Å²) in [4.78, 5) is 0. The Bertz CT molecular complexity index is 586. The van der Waals surface area contributed by atoms with Crippen molar-refractivity contribution in [3.63, 3.8) is 0 Å². The van der Waals surface area contributed by atoms with Gasteiger partial charge >= 0.3 is 0 Å². The van der Waals surface area contributed by atoms with E-state index in [-0.39, 0.29) is 11.6 Å². The zero-order chi connectivity index (χ0) is 15.3. The van der Waals surface area contributed by atoms with Crippen LogP contribution in [0, 0.1) is 11.7 Å². The van der Waals surface area contributed by atoms with Gasteiger partial charge < -0.3 is 0 Å². The first-order valence-corrected chi connectivity index (χ1v) is 8.96. The van der Waals surface area contributed by atoms with Crippen LogP contribution in [0.4, 0.5) is 4.39 Å². The molecule has 1 aromatic rings. The van der Waals surface area contributed by atoms with Crippen molar-refractivity contribution in [2.45, 2.75) is 25.7 Å². The third-order valence-electron chi connectivity index (χ3n) is 3.98. The second kappa shape index (κ2) is 7.18. The van der Waals surface area contributed by atoms with Crippen LogP contribution < -0.4 is 0 Å². The Morgan fingerprint density at radius 2 is 2.14 bits per heavy atom. The number of piperidine rings is 1. The molecule has 0 radical (unpaired) electrons. The normalized spacial score (nSPS) is 20.3. The van der Waals surface area contributed by atoms with Crippen molar-refractivity contribution >= 4 is 10.0 Å². The third-order valence-corrected chi connectivity index (χ3v) is 5.76. The highest BCUT2D eigenvalue weighted by Crippen LogP contribution is 2.24. The third kappa shape index (κ3) is 4.38. The first-order chi connectivity index (χ1) is 10.0. The van der Waals surface area contributed by atoms with Crippen LogP contribution in [0.1, 0.15) is 24.8 Å². The molecule has 2 rings (SSSR count). The summed E-state index contributed by atoms with van der Waals surface area (Å²) in [7, 11) is -3.22. The van der Waals surface area contributed by atoms with Gasteiger partial charge in [-0.25, -0.2) is 17.1 Å². The SMILES string of the molecule is C=CCS(=O)(=O)N1CCC[C@H](CCc2ccccc2F)C1. The summed E-state index contributed by atoms with van der Waals surface area (Å²) in [6.07, 6.45) is 4.79. The molecule has 5 heteroatoms. The smallest absolute Gasteiger partial charge is 0.212 e. The molecule has 0 bridgehead atoms. The summed E-state index contributed by atoms with van der Waals surface area (Å²) in [5.41, 5.74) is 0.712. The average molecular weight is 311 g/mol. The van der Waals surface area contributed by atoms with Crippen LogP contribution in [0.5, 0.6) is 0 Å². The van der Waals surface area contributed by atoms with Gasteiger partial charge in [-0.2, -0.15) is 0 Å². The lowest BCUT2D eigenvalue weighted by Gasteiger charge is -2.31. The Balaban J connectivity index is 1.93. The summed E-state index contributed by atoms with van der Waals surface area (Å²) >= 11 is 0. The van der Waals surface area contributed by atoms with E-state index >= 15 is 0 Å². The van der Waals surface area contributed by atoms with Gasteiger partial charge in [-0.15, -0.1) is 6.58 Å². The molecule has 3 nitrogen and oxygen atoms in total. The Morgan fingerprint density at radius 3 is 2.86 bits per heavy atom. The fourth-order valence-corrected chi connectivity index (χ4v) is 4.18. The van der Waals surface area contributed by atoms with Crippen molar-refractivity contribution in [1.82, 2.24) is 4.31 Å². The Labute approximate surface area is 126 Å². The summed E-state index contributed by atoms with van der Waals surface area (Å²) in [5.74, 6) is 0.120. The Kier molecular flexibility index (Phi) is 5.53. The minimum Gasteiger partial charge on any atom is -0.212 e. The molecule has 1 aliphatic heterocycles. The lowest BCUT2D eigenvalue weighted by atomic mass is 9.92. The quantitative estimate of drug-likeness (QED) is 0.757. The van der Waals surface area contributed by atoms with Gasteiger partial charge in [0.25, 0.3) is 0 Å². The Hall–Kier alpha value is -1.20. The number of rotatable bonds is 6. The van der Waals surface area contributed by atoms with Crippen LogP contribution in [0.2, 0.25) is 0 Å². The molecule has 1 aliphatic rings. The summed E-state index contributed by atoms with van der Waals surface area (Å²) < 4.78 is 39.3. The van der Waals surface area contributed by atoms with E-state index in [1.165, 1.54) is 12.1 Å². The van der Waals surface area contributed by atoms with Gasteiger partial charge in [0.2, 0.25) is 10.0 Å². The summed E-state index contributed by atoms with van der Waals surface area (Å²) in [6, 6.07) is 6.78. The van der Waals surface area contributed by atoms with E-state index in [0.29, 0.717) is 31.0 Å². The molecular weight excluding hydrogens is 289 g/mol. The molecule has 0 amide bonds. The molecule has 21 heavy (non-hydrogen) atoms. The van der Waals surface area contributed by atoms with Crippen LogP contribution in [0.3, 0.4) is 0 Å². The van der Waals surface area contributed by atoms with Crippen LogP contribution in [0.25, 0.3) is 0 Å². The molecular formula is C16H22FNO2S.